The third-order valence-corrected chi connectivity index (χ3v) is 4.15. The van der Waals surface area contributed by atoms with Crippen LogP contribution in [-0.4, -0.2) is 5.88 Å². The van der Waals surface area contributed by atoms with Crippen LogP contribution in [0, 0.1) is 5.92 Å². The lowest BCUT2D eigenvalue weighted by atomic mass is 9.96. The summed E-state index contributed by atoms with van der Waals surface area (Å²) in [6.45, 7) is 2.29. The maximum absolute atomic E-state index is 5.87. The summed E-state index contributed by atoms with van der Waals surface area (Å²) in [4.78, 5) is 0. The molecule has 0 saturated heterocycles. The number of benzene rings is 1. The van der Waals surface area contributed by atoms with E-state index in [1.54, 1.807) is 0 Å². The standard InChI is InChI=1S/C11H12BrCl/c1-11(6-8(11)7-13)9-4-2-3-5-10(9)12/h2-5,8H,6-7H2,1H3. The molecule has 0 bridgehead atoms. The Morgan fingerprint density at radius 2 is 2.23 bits per heavy atom. The molecule has 1 saturated carbocycles. The fourth-order valence-corrected chi connectivity index (χ4v) is 3.12. The van der Waals surface area contributed by atoms with Crippen LogP contribution in [0.4, 0.5) is 0 Å². The van der Waals surface area contributed by atoms with Crippen LogP contribution in [0.25, 0.3) is 0 Å². The molecule has 0 nitrogen and oxygen atoms in total. The smallest absolute Gasteiger partial charge is 0.0260 e. The second kappa shape index (κ2) is 3.29. The Morgan fingerprint density at radius 1 is 1.54 bits per heavy atom. The van der Waals surface area contributed by atoms with Crippen molar-refractivity contribution >= 4 is 27.5 Å². The summed E-state index contributed by atoms with van der Waals surface area (Å²) in [6.07, 6.45) is 1.22. The molecule has 1 fully saturated rings. The third-order valence-electron chi connectivity index (χ3n) is 3.09. The summed E-state index contributed by atoms with van der Waals surface area (Å²) in [5.74, 6) is 1.44. The van der Waals surface area contributed by atoms with Crippen LogP contribution in [-0.2, 0) is 5.41 Å². The van der Waals surface area contributed by atoms with Gasteiger partial charge in [0, 0.05) is 10.4 Å². The van der Waals surface area contributed by atoms with Crippen LogP contribution in [0.5, 0.6) is 0 Å². The molecule has 1 aromatic carbocycles. The third kappa shape index (κ3) is 1.53. The molecule has 0 N–H and O–H groups in total. The van der Waals surface area contributed by atoms with Crippen molar-refractivity contribution in [2.24, 2.45) is 5.92 Å². The second-order valence-electron chi connectivity index (χ2n) is 3.95. The maximum atomic E-state index is 5.87. The fraction of sp³-hybridized carbons (Fsp3) is 0.455. The highest BCUT2D eigenvalue weighted by molar-refractivity contribution is 9.10. The van der Waals surface area contributed by atoms with Crippen LogP contribution in [0.1, 0.15) is 18.9 Å². The molecular weight excluding hydrogens is 247 g/mol. The minimum atomic E-state index is 0.321. The molecule has 0 aliphatic heterocycles. The first-order valence-electron chi connectivity index (χ1n) is 4.49. The Morgan fingerprint density at radius 3 is 2.77 bits per heavy atom. The monoisotopic (exact) mass is 258 g/mol. The maximum Gasteiger partial charge on any atom is 0.0260 e. The summed E-state index contributed by atoms with van der Waals surface area (Å²) in [5, 5.41) is 0. The van der Waals surface area contributed by atoms with Gasteiger partial charge in [0.1, 0.15) is 0 Å². The first-order chi connectivity index (χ1) is 6.18. The van der Waals surface area contributed by atoms with E-state index in [0.29, 0.717) is 11.3 Å². The summed E-state index contributed by atoms with van der Waals surface area (Å²) >= 11 is 9.46. The highest BCUT2D eigenvalue weighted by Gasteiger charge is 2.51. The molecule has 2 unspecified atom stereocenters. The van der Waals surface area contributed by atoms with Gasteiger partial charge in [-0.2, -0.15) is 0 Å². The SMILES string of the molecule is CC1(c2ccccc2Br)CC1CCl. The molecule has 2 rings (SSSR count). The van der Waals surface area contributed by atoms with E-state index in [9.17, 15) is 0 Å². The molecule has 13 heavy (non-hydrogen) atoms. The van der Waals surface area contributed by atoms with E-state index in [1.165, 1.54) is 16.5 Å². The first kappa shape index (κ1) is 9.54. The number of halogens is 2. The zero-order chi connectivity index (χ0) is 9.47. The van der Waals surface area contributed by atoms with Gasteiger partial charge in [0.15, 0.2) is 0 Å². The summed E-state index contributed by atoms with van der Waals surface area (Å²) in [7, 11) is 0. The Balaban J connectivity index is 2.32. The molecule has 2 heteroatoms. The average Bonchev–Trinajstić information content (AvgIpc) is 2.79. The van der Waals surface area contributed by atoms with E-state index in [4.69, 9.17) is 11.6 Å². The molecule has 0 spiro atoms. The van der Waals surface area contributed by atoms with Crippen molar-refractivity contribution in [2.75, 3.05) is 5.88 Å². The second-order valence-corrected chi connectivity index (χ2v) is 5.12. The minimum Gasteiger partial charge on any atom is -0.126 e. The predicted octanol–water partition coefficient (Wildman–Crippen LogP) is 3.97. The van der Waals surface area contributed by atoms with Crippen molar-refractivity contribution in [3.63, 3.8) is 0 Å². The normalized spacial score (nSPS) is 31.8. The van der Waals surface area contributed by atoms with Crippen molar-refractivity contribution in [1.29, 1.82) is 0 Å². The van der Waals surface area contributed by atoms with Crippen molar-refractivity contribution < 1.29 is 0 Å². The van der Waals surface area contributed by atoms with E-state index in [1.807, 2.05) is 0 Å². The van der Waals surface area contributed by atoms with Gasteiger partial charge in [0.25, 0.3) is 0 Å². The van der Waals surface area contributed by atoms with Gasteiger partial charge in [-0.25, -0.2) is 0 Å². The zero-order valence-corrected chi connectivity index (χ0v) is 9.90. The fourth-order valence-electron chi connectivity index (χ4n) is 1.93. The molecule has 70 valence electrons. The van der Waals surface area contributed by atoms with E-state index in [0.717, 1.165) is 5.88 Å². The quantitative estimate of drug-likeness (QED) is 0.705. The summed E-state index contributed by atoms with van der Waals surface area (Å²) in [6, 6.07) is 8.44. The van der Waals surface area contributed by atoms with Crippen LogP contribution in [0.2, 0.25) is 0 Å². The molecule has 0 aromatic heterocycles. The van der Waals surface area contributed by atoms with Gasteiger partial charge in [-0.1, -0.05) is 41.1 Å². The molecular formula is C11H12BrCl. The lowest BCUT2D eigenvalue weighted by Crippen LogP contribution is -2.05. The summed E-state index contributed by atoms with van der Waals surface area (Å²) in [5.41, 5.74) is 1.72. The van der Waals surface area contributed by atoms with Crippen LogP contribution >= 0.6 is 27.5 Å². The van der Waals surface area contributed by atoms with Crippen molar-refractivity contribution in [3.05, 3.63) is 34.3 Å². The number of rotatable bonds is 2. The lowest BCUT2D eigenvalue weighted by molar-refractivity contribution is 0.702. The molecule has 1 aliphatic rings. The number of hydrogen-bond acceptors (Lipinski definition) is 0. The van der Waals surface area contributed by atoms with Crippen LogP contribution in [0.3, 0.4) is 0 Å². The Bertz CT molecular complexity index is 324. The van der Waals surface area contributed by atoms with Gasteiger partial charge in [0.05, 0.1) is 0 Å². The van der Waals surface area contributed by atoms with Gasteiger partial charge in [-0.3, -0.25) is 0 Å². The lowest BCUT2D eigenvalue weighted by Gasteiger charge is -2.12. The Kier molecular flexibility index (Phi) is 2.41. The van der Waals surface area contributed by atoms with Gasteiger partial charge >= 0.3 is 0 Å². The molecule has 0 amide bonds. The number of alkyl halides is 1. The largest absolute Gasteiger partial charge is 0.126 e. The molecule has 1 aliphatic carbocycles. The predicted molar refractivity (Wildman–Crippen MR) is 60.3 cm³/mol. The van der Waals surface area contributed by atoms with E-state index in [-0.39, 0.29) is 0 Å². The molecule has 0 heterocycles. The summed E-state index contributed by atoms with van der Waals surface area (Å²) < 4.78 is 1.21. The minimum absolute atomic E-state index is 0.321. The first-order valence-corrected chi connectivity index (χ1v) is 5.82. The number of hydrogen-bond donors (Lipinski definition) is 0. The average molecular weight is 260 g/mol. The Labute approximate surface area is 92.4 Å². The van der Waals surface area contributed by atoms with Crippen LogP contribution < -0.4 is 0 Å². The zero-order valence-electron chi connectivity index (χ0n) is 7.56. The molecule has 1 aromatic rings. The van der Waals surface area contributed by atoms with Crippen molar-refractivity contribution in [2.45, 2.75) is 18.8 Å². The van der Waals surface area contributed by atoms with Gasteiger partial charge < -0.3 is 0 Å². The van der Waals surface area contributed by atoms with Gasteiger partial charge in [-0.05, 0) is 29.4 Å². The topological polar surface area (TPSA) is 0 Å². The molecule has 2 atom stereocenters. The van der Waals surface area contributed by atoms with Crippen molar-refractivity contribution in [3.8, 4) is 0 Å². The highest BCUT2D eigenvalue weighted by Crippen LogP contribution is 2.55. The van der Waals surface area contributed by atoms with E-state index < -0.39 is 0 Å². The highest BCUT2D eigenvalue weighted by atomic mass is 79.9. The van der Waals surface area contributed by atoms with E-state index in [2.05, 4.69) is 47.1 Å². The van der Waals surface area contributed by atoms with Gasteiger partial charge in [-0.15, -0.1) is 11.6 Å². The van der Waals surface area contributed by atoms with Gasteiger partial charge in [0.2, 0.25) is 0 Å². The Hall–Kier alpha value is -0.0100. The van der Waals surface area contributed by atoms with Crippen molar-refractivity contribution in [1.82, 2.24) is 0 Å². The van der Waals surface area contributed by atoms with E-state index >= 15 is 0 Å². The molecule has 0 radical (unpaired) electrons. The van der Waals surface area contributed by atoms with Crippen LogP contribution in [0.15, 0.2) is 28.7 Å².